The van der Waals surface area contributed by atoms with E-state index in [4.69, 9.17) is 4.74 Å². The third-order valence-electron chi connectivity index (χ3n) is 3.92. The minimum absolute atomic E-state index is 0.00745. The summed E-state index contributed by atoms with van der Waals surface area (Å²) in [5, 5.41) is 0. The van der Waals surface area contributed by atoms with E-state index in [2.05, 4.69) is 26.0 Å². The van der Waals surface area contributed by atoms with Crippen molar-refractivity contribution in [2.24, 2.45) is 11.8 Å². The molecule has 1 aliphatic rings. The van der Waals surface area contributed by atoms with Crippen LogP contribution in [0.5, 0.6) is 0 Å². The lowest BCUT2D eigenvalue weighted by molar-refractivity contribution is -0.145. The quantitative estimate of drug-likeness (QED) is 0.745. The summed E-state index contributed by atoms with van der Waals surface area (Å²) in [5.41, 5.74) is 1.28. The fraction of sp³-hybridized carbons (Fsp3) is 0.533. The molecule has 2 unspecified atom stereocenters. The predicted molar refractivity (Wildman–Crippen MR) is 67.7 cm³/mol. The summed E-state index contributed by atoms with van der Waals surface area (Å²) in [5.74, 6) is 0.467. The van der Waals surface area contributed by atoms with Gasteiger partial charge in [-0.15, -0.1) is 0 Å². The Bertz CT molecular complexity index is 397. The van der Waals surface area contributed by atoms with Gasteiger partial charge in [0.05, 0.1) is 12.5 Å². The minimum atomic E-state index is -0.0370. The van der Waals surface area contributed by atoms with Crippen LogP contribution < -0.4 is 0 Å². The van der Waals surface area contributed by atoms with Gasteiger partial charge < -0.3 is 4.74 Å². The van der Waals surface area contributed by atoms with Crippen LogP contribution in [-0.4, -0.2) is 12.6 Å². The van der Waals surface area contributed by atoms with Crippen LogP contribution in [-0.2, 0) is 14.9 Å². The maximum Gasteiger partial charge on any atom is 0.309 e. The summed E-state index contributed by atoms with van der Waals surface area (Å²) in [6.07, 6.45) is 0.924. The maximum absolute atomic E-state index is 11.9. The van der Waals surface area contributed by atoms with E-state index < -0.39 is 0 Å². The lowest BCUT2D eigenvalue weighted by Gasteiger charge is -2.22. The van der Waals surface area contributed by atoms with Crippen LogP contribution in [0.3, 0.4) is 0 Å². The van der Waals surface area contributed by atoms with E-state index in [1.165, 1.54) is 5.56 Å². The highest BCUT2D eigenvalue weighted by Gasteiger charge is 2.61. The second-order valence-electron chi connectivity index (χ2n) is 5.07. The molecule has 0 spiro atoms. The van der Waals surface area contributed by atoms with E-state index in [-0.39, 0.29) is 17.3 Å². The van der Waals surface area contributed by atoms with Crippen LogP contribution >= 0.6 is 0 Å². The lowest BCUT2D eigenvalue weighted by Crippen LogP contribution is -2.22. The van der Waals surface area contributed by atoms with Crippen LogP contribution in [0.25, 0.3) is 0 Å². The number of hydrogen-bond donors (Lipinski definition) is 0. The Hall–Kier alpha value is -1.31. The Morgan fingerprint density at radius 2 is 2.06 bits per heavy atom. The molecular formula is C15H20O2. The fourth-order valence-electron chi connectivity index (χ4n) is 2.85. The second-order valence-corrected chi connectivity index (χ2v) is 5.07. The number of carbonyl (C=O) groups is 1. The van der Waals surface area contributed by atoms with Gasteiger partial charge in [-0.2, -0.15) is 0 Å². The monoisotopic (exact) mass is 232 g/mol. The summed E-state index contributed by atoms with van der Waals surface area (Å²) in [6, 6.07) is 10.3. The minimum Gasteiger partial charge on any atom is -0.466 e. The Labute approximate surface area is 103 Å². The predicted octanol–water partition coefficient (Wildman–Crippen LogP) is 3.16. The summed E-state index contributed by atoms with van der Waals surface area (Å²) < 4.78 is 5.15. The zero-order chi connectivity index (χ0) is 12.5. The van der Waals surface area contributed by atoms with Crippen molar-refractivity contribution in [2.45, 2.75) is 32.6 Å². The van der Waals surface area contributed by atoms with Crippen molar-refractivity contribution in [3.05, 3.63) is 35.9 Å². The molecule has 0 amide bonds. The van der Waals surface area contributed by atoms with Crippen molar-refractivity contribution in [1.29, 1.82) is 0 Å². The Balaban J connectivity index is 2.24. The molecule has 0 heterocycles. The van der Waals surface area contributed by atoms with Crippen molar-refractivity contribution >= 4 is 5.97 Å². The topological polar surface area (TPSA) is 26.3 Å². The first-order valence-electron chi connectivity index (χ1n) is 6.35. The van der Waals surface area contributed by atoms with E-state index >= 15 is 0 Å². The Morgan fingerprint density at radius 3 is 2.59 bits per heavy atom. The molecule has 0 saturated heterocycles. The molecule has 92 valence electrons. The molecule has 0 aliphatic heterocycles. The lowest BCUT2D eigenvalue weighted by atomic mass is 9.83. The fourth-order valence-corrected chi connectivity index (χ4v) is 2.85. The van der Waals surface area contributed by atoms with Crippen LogP contribution in [0.1, 0.15) is 32.8 Å². The number of hydrogen-bond acceptors (Lipinski definition) is 2. The van der Waals surface area contributed by atoms with E-state index in [1.807, 2.05) is 25.1 Å². The Morgan fingerprint density at radius 1 is 1.41 bits per heavy atom. The molecule has 1 saturated carbocycles. The summed E-state index contributed by atoms with van der Waals surface area (Å²) in [6.45, 7) is 6.70. The number of ether oxygens (including phenoxy) is 1. The zero-order valence-corrected chi connectivity index (χ0v) is 10.8. The molecule has 2 heteroatoms. The average Bonchev–Trinajstić information content (AvgIpc) is 3.07. The third kappa shape index (κ3) is 1.97. The standard InChI is InChI=1S/C15H20O2/c1-4-17-14(16)13-10-15(13,11(2)3)12-8-6-5-7-9-12/h5-9,11,13H,4,10H2,1-3H3. The van der Waals surface area contributed by atoms with Gasteiger partial charge in [-0.25, -0.2) is 0 Å². The normalized spacial score (nSPS) is 26.9. The highest BCUT2D eigenvalue weighted by Crippen LogP contribution is 2.59. The van der Waals surface area contributed by atoms with E-state index in [0.29, 0.717) is 12.5 Å². The van der Waals surface area contributed by atoms with Crippen LogP contribution in [0, 0.1) is 11.8 Å². The average molecular weight is 232 g/mol. The summed E-state index contributed by atoms with van der Waals surface area (Å²) >= 11 is 0. The molecule has 0 radical (unpaired) electrons. The van der Waals surface area contributed by atoms with Crippen molar-refractivity contribution in [3.63, 3.8) is 0 Å². The van der Waals surface area contributed by atoms with Gasteiger partial charge in [0.1, 0.15) is 0 Å². The maximum atomic E-state index is 11.9. The largest absolute Gasteiger partial charge is 0.466 e. The SMILES string of the molecule is CCOC(=O)C1CC1(c1ccccc1)C(C)C. The molecule has 17 heavy (non-hydrogen) atoms. The van der Waals surface area contributed by atoms with Gasteiger partial charge in [-0.05, 0) is 24.8 Å². The first-order valence-corrected chi connectivity index (χ1v) is 6.35. The number of esters is 1. The molecule has 0 N–H and O–H groups in total. The van der Waals surface area contributed by atoms with Gasteiger partial charge in [-0.1, -0.05) is 44.2 Å². The van der Waals surface area contributed by atoms with Gasteiger partial charge in [0.25, 0.3) is 0 Å². The molecule has 1 aromatic carbocycles. The van der Waals surface area contributed by atoms with Gasteiger partial charge >= 0.3 is 5.97 Å². The molecule has 1 aliphatic carbocycles. The smallest absolute Gasteiger partial charge is 0.309 e. The van der Waals surface area contributed by atoms with Gasteiger partial charge in [-0.3, -0.25) is 4.79 Å². The van der Waals surface area contributed by atoms with E-state index in [1.54, 1.807) is 0 Å². The molecule has 2 atom stereocenters. The number of carbonyl (C=O) groups excluding carboxylic acids is 1. The summed E-state index contributed by atoms with van der Waals surface area (Å²) in [7, 11) is 0. The van der Waals surface area contributed by atoms with E-state index in [0.717, 1.165) is 6.42 Å². The van der Waals surface area contributed by atoms with Gasteiger partial charge in [0.2, 0.25) is 0 Å². The molecule has 0 bridgehead atoms. The highest BCUT2D eigenvalue weighted by atomic mass is 16.5. The number of rotatable bonds is 4. The van der Waals surface area contributed by atoms with Crippen molar-refractivity contribution in [3.8, 4) is 0 Å². The van der Waals surface area contributed by atoms with Crippen molar-refractivity contribution in [1.82, 2.24) is 0 Å². The van der Waals surface area contributed by atoms with Crippen LogP contribution in [0.2, 0.25) is 0 Å². The Kier molecular flexibility index (Phi) is 3.23. The third-order valence-corrected chi connectivity index (χ3v) is 3.92. The van der Waals surface area contributed by atoms with Gasteiger partial charge in [0.15, 0.2) is 0 Å². The van der Waals surface area contributed by atoms with Crippen molar-refractivity contribution in [2.75, 3.05) is 6.61 Å². The molecule has 2 rings (SSSR count). The van der Waals surface area contributed by atoms with Crippen molar-refractivity contribution < 1.29 is 9.53 Å². The molecule has 1 aromatic rings. The molecule has 0 aromatic heterocycles. The highest BCUT2D eigenvalue weighted by molar-refractivity contribution is 5.79. The first kappa shape index (κ1) is 12.2. The van der Waals surface area contributed by atoms with Crippen LogP contribution in [0.15, 0.2) is 30.3 Å². The second kappa shape index (κ2) is 4.52. The molecular weight excluding hydrogens is 212 g/mol. The van der Waals surface area contributed by atoms with Gasteiger partial charge in [0, 0.05) is 5.41 Å². The summed E-state index contributed by atoms with van der Waals surface area (Å²) in [4.78, 5) is 11.9. The molecule has 2 nitrogen and oxygen atoms in total. The first-order chi connectivity index (χ1) is 8.13. The van der Waals surface area contributed by atoms with E-state index in [9.17, 15) is 4.79 Å². The van der Waals surface area contributed by atoms with Crippen LogP contribution in [0.4, 0.5) is 0 Å². The number of benzene rings is 1. The zero-order valence-electron chi connectivity index (χ0n) is 10.8. The molecule has 1 fully saturated rings.